The fourth-order valence-electron chi connectivity index (χ4n) is 9.99. The van der Waals surface area contributed by atoms with Gasteiger partial charge in [0.25, 0.3) is 0 Å². The van der Waals surface area contributed by atoms with Crippen LogP contribution in [0.4, 0.5) is 4.79 Å². The Morgan fingerprint density at radius 2 is 1.11 bits per heavy atom. The highest BCUT2D eigenvalue weighted by Gasteiger charge is 2.35. The number of carboxylic acid groups (broad SMARTS) is 1. The maximum absolute atomic E-state index is 13.9. The Labute approximate surface area is 439 Å². The second-order valence-corrected chi connectivity index (χ2v) is 22.6. The first-order chi connectivity index (χ1) is 34.8. The summed E-state index contributed by atoms with van der Waals surface area (Å²) in [5.74, 6) is -5.43. The standard InChI is InChI=1S/C58H88N4O12/c1-33(2)24-39(50(65)30-53(68)59-23-17-16-22-48(57(71)72)61-58(73)74-32-47-44-20-14-12-18-42(44)43-19-13-15-21-45(43)47)27-49(64)38(11)60-54(69)31-51(66)40(25-34(3)4)28-52(67)55(37(9)10)62-56(70)46(36(7)8)29-41(63)26-35(5)6/h12-15,18-21,33-40,46-48,50-51,55,65-66H,16-17,22-32H2,1-11H3,(H,59,68)(H,60,69)(H,61,73)(H,62,70)(H,71,72)/t38-,39+,40+,46-,48+,50-,51-,55+/m1/s1. The van der Waals surface area contributed by atoms with Gasteiger partial charge in [-0.15, -0.1) is 0 Å². The molecule has 1 aliphatic carbocycles. The molecule has 0 saturated carbocycles. The summed E-state index contributed by atoms with van der Waals surface area (Å²) >= 11 is 0. The van der Waals surface area contributed by atoms with E-state index in [9.17, 15) is 53.7 Å². The third-order valence-corrected chi connectivity index (χ3v) is 13.9. The van der Waals surface area contributed by atoms with Crippen LogP contribution in [0.15, 0.2) is 48.5 Å². The van der Waals surface area contributed by atoms with Crippen molar-refractivity contribution in [2.24, 2.45) is 47.3 Å². The average Bonchev–Trinajstić information content (AvgIpc) is 3.62. The molecule has 3 rings (SSSR count). The van der Waals surface area contributed by atoms with Crippen LogP contribution in [-0.2, 0) is 38.3 Å². The van der Waals surface area contributed by atoms with Gasteiger partial charge < -0.3 is 41.3 Å². The van der Waals surface area contributed by atoms with E-state index >= 15 is 0 Å². The Hall–Kier alpha value is -5.48. The number of fused-ring (bicyclic) bond motifs is 3. The Balaban J connectivity index is 1.48. The van der Waals surface area contributed by atoms with Gasteiger partial charge in [-0.3, -0.25) is 28.8 Å². The molecular weight excluding hydrogens is 945 g/mol. The lowest BCUT2D eigenvalue weighted by Gasteiger charge is -2.29. The number of aliphatic carboxylic acids is 1. The van der Waals surface area contributed by atoms with Gasteiger partial charge in [0, 0.05) is 44.1 Å². The summed E-state index contributed by atoms with van der Waals surface area (Å²) in [5, 5.41) is 43.2. The predicted octanol–water partition coefficient (Wildman–Crippen LogP) is 7.93. The number of alkyl carbamates (subject to hydrolysis) is 1. The van der Waals surface area contributed by atoms with Gasteiger partial charge in [0.15, 0.2) is 11.6 Å². The van der Waals surface area contributed by atoms with Crippen molar-refractivity contribution in [1.29, 1.82) is 0 Å². The van der Waals surface area contributed by atoms with Crippen LogP contribution in [0, 0.1) is 47.3 Å². The SMILES string of the molecule is CC(C)CC(=O)C[C@@H](C(=O)N[C@H](C(=O)C[C@H](CC(C)C)[C@H](O)CC(=O)N[C@H](C)C(=O)C[C@H](CC(C)C)[C@H](O)CC(=O)NCCCC[C@H](NC(=O)OCC1c2ccccc2-c2ccccc21)C(=O)O)C(C)C)C(C)C. The van der Waals surface area contributed by atoms with Crippen molar-refractivity contribution in [3.05, 3.63) is 59.7 Å². The highest BCUT2D eigenvalue weighted by molar-refractivity contribution is 5.93. The van der Waals surface area contributed by atoms with Crippen LogP contribution in [0.25, 0.3) is 11.1 Å². The molecule has 0 fully saturated rings. The number of nitrogens with one attached hydrogen (secondary N) is 4. The number of carboxylic acids is 1. The van der Waals surface area contributed by atoms with Crippen molar-refractivity contribution in [3.8, 4) is 11.1 Å². The molecule has 0 aromatic heterocycles. The molecule has 2 aromatic rings. The van der Waals surface area contributed by atoms with Gasteiger partial charge in [-0.2, -0.15) is 0 Å². The molecule has 1 aliphatic rings. The molecule has 0 bridgehead atoms. The lowest BCUT2D eigenvalue weighted by Crippen LogP contribution is -2.49. The molecule has 0 unspecified atom stereocenters. The number of amides is 4. The van der Waals surface area contributed by atoms with Gasteiger partial charge in [-0.1, -0.05) is 118 Å². The predicted molar refractivity (Wildman–Crippen MR) is 285 cm³/mol. The van der Waals surface area contributed by atoms with E-state index < -0.39 is 72.0 Å². The number of hydrogen-bond acceptors (Lipinski definition) is 11. The number of rotatable bonds is 34. The topological polar surface area (TPSA) is 255 Å². The minimum absolute atomic E-state index is 0.00779. The Bertz CT molecular complexity index is 2140. The van der Waals surface area contributed by atoms with Gasteiger partial charge in [0.2, 0.25) is 17.7 Å². The maximum Gasteiger partial charge on any atom is 0.407 e. The van der Waals surface area contributed by atoms with Crippen molar-refractivity contribution in [3.63, 3.8) is 0 Å². The number of aliphatic hydroxyl groups excluding tert-OH is 2. The Kier molecular flexibility index (Phi) is 26.1. The van der Waals surface area contributed by atoms with Crippen LogP contribution in [0.5, 0.6) is 0 Å². The largest absolute Gasteiger partial charge is 0.480 e. The fourth-order valence-corrected chi connectivity index (χ4v) is 9.99. The number of ketones is 3. The second-order valence-electron chi connectivity index (χ2n) is 22.6. The number of benzene rings is 2. The smallest absolute Gasteiger partial charge is 0.407 e. The molecule has 0 heterocycles. The molecule has 0 radical (unpaired) electrons. The quantitative estimate of drug-likeness (QED) is 0.0330. The van der Waals surface area contributed by atoms with E-state index in [1.165, 1.54) is 6.92 Å². The third-order valence-electron chi connectivity index (χ3n) is 13.9. The summed E-state index contributed by atoms with van der Waals surface area (Å²) < 4.78 is 5.53. The number of carbonyl (C=O) groups excluding carboxylic acids is 7. The number of aliphatic hydroxyl groups is 2. The first-order valence-electron chi connectivity index (χ1n) is 26.9. The molecular formula is C58H88N4O12. The van der Waals surface area contributed by atoms with Crippen molar-refractivity contribution >= 4 is 47.1 Å². The molecule has 2 aromatic carbocycles. The minimum atomic E-state index is -1.23. The monoisotopic (exact) mass is 1030 g/mol. The zero-order chi connectivity index (χ0) is 55.4. The number of ether oxygens (including phenoxy) is 1. The fraction of sp³-hybridized carbons (Fsp3) is 0.655. The van der Waals surface area contributed by atoms with Crippen LogP contribution in [0.3, 0.4) is 0 Å². The zero-order valence-electron chi connectivity index (χ0n) is 45.9. The summed E-state index contributed by atoms with van der Waals surface area (Å²) in [6.07, 6.45) is -2.02. The maximum atomic E-state index is 13.9. The molecule has 7 N–H and O–H groups in total. The van der Waals surface area contributed by atoms with Gasteiger partial charge in [-0.05, 0) is 103 Å². The molecule has 4 amide bonds. The highest BCUT2D eigenvalue weighted by atomic mass is 16.5. The van der Waals surface area contributed by atoms with Crippen LogP contribution in [-0.4, -0.2) is 106 Å². The van der Waals surface area contributed by atoms with E-state index in [1.54, 1.807) is 0 Å². The number of unbranched alkanes of at least 4 members (excludes halogenated alkanes) is 1. The highest BCUT2D eigenvalue weighted by Crippen LogP contribution is 2.44. The van der Waals surface area contributed by atoms with E-state index in [-0.39, 0.29) is 110 Å². The molecule has 0 aliphatic heterocycles. The van der Waals surface area contributed by atoms with Crippen molar-refractivity contribution in [1.82, 2.24) is 21.3 Å². The molecule has 0 saturated heterocycles. The number of hydrogen-bond donors (Lipinski definition) is 7. The lowest BCUT2D eigenvalue weighted by molar-refractivity contribution is -0.139. The molecule has 412 valence electrons. The average molecular weight is 1030 g/mol. The summed E-state index contributed by atoms with van der Waals surface area (Å²) in [5.41, 5.74) is 4.21. The van der Waals surface area contributed by atoms with Gasteiger partial charge in [0.05, 0.1) is 37.1 Å². The van der Waals surface area contributed by atoms with Crippen LogP contribution >= 0.6 is 0 Å². The normalized spacial score (nSPS) is 15.6. The zero-order valence-corrected chi connectivity index (χ0v) is 45.9. The number of Topliss-reactive ketones (excluding diaryl/α,β-unsaturated/α-hetero) is 3. The van der Waals surface area contributed by atoms with Crippen LogP contribution in [0.2, 0.25) is 0 Å². The van der Waals surface area contributed by atoms with Crippen molar-refractivity contribution in [2.75, 3.05) is 13.2 Å². The first kappa shape index (κ1) is 62.8. The first-order valence-corrected chi connectivity index (χ1v) is 26.9. The molecule has 74 heavy (non-hydrogen) atoms. The summed E-state index contributed by atoms with van der Waals surface area (Å²) in [7, 11) is 0. The molecule has 8 atom stereocenters. The Morgan fingerprint density at radius 3 is 1.61 bits per heavy atom. The van der Waals surface area contributed by atoms with Crippen LogP contribution < -0.4 is 21.3 Å². The van der Waals surface area contributed by atoms with E-state index in [1.807, 2.05) is 118 Å². The van der Waals surface area contributed by atoms with Crippen LogP contribution in [0.1, 0.15) is 164 Å². The summed E-state index contributed by atoms with van der Waals surface area (Å²) in [6.45, 7) is 20.8. The van der Waals surface area contributed by atoms with Crippen molar-refractivity contribution < 1.29 is 58.4 Å². The van der Waals surface area contributed by atoms with Crippen molar-refractivity contribution in [2.45, 2.75) is 183 Å². The van der Waals surface area contributed by atoms with E-state index in [0.717, 1.165) is 22.3 Å². The molecule has 16 heteroatoms. The van der Waals surface area contributed by atoms with E-state index in [0.29, 0.717) is 32.1 Å². The minimum Gasteiger partial charge on any atom is -0.480 e. The molecule has 0 spiro atoms. The number of carbonyl (C=O) groups is 8. The lowest BCUT2D eigenvalue weighted by atomic mass is 9.83. The van der Waals surface area contributed by atoms with E-state index in [2.05, 4.69) is 21.3 Å². The van der Waals surface area contributed by atoms with E-state index in [4.69, 9.17) is 4.74 Å². The van der Waals surface area contributed by atoms with Gasteiger partial charge in [0.1, 0.15) is 18.4 Å². The van der Waals surface area contributed by atoms with Gasteiger partial charge >= 0.3 is 12.1 Å². The second kappa shape index (κ2) is 30.8. The summed E-state index contributed by atoms with van der Waals surface area (Å²) in [6, 6.07) is 12.7. The van der Waals surface area contributed by atoms with Gasteiger partial charge in [-0.25, -0.2) is 9.59 Å². The Morgan fingerprint density at radius 1 is 0.581 bits per heavy atom. The molecule has 16 nitrogen and oxygen atoms in total. The summed E-state index contributed by atoms with van der Waals surface area (Å²) in [4.78, 5) is 105. The third kappa shape index (κ3) is 20.7.